The van der Waals surface area contributed by atoms with E-state index in [4.69, 9.17) is 26.6 Å². The molecule has 0 saturated heterocycles. The minimum Gasteiger partial charge on any atom is -0.482 e. The Balaban J connectivity index is 1.86. The average molecular weight is 539 g/mol. The van der Waals surface area contributed by atoms with Crippen LogP contribution in [0.25, 0.3) is 0 Å². The molecule has 0 spiro atoms. The maximum Gasteiger partial charge on any atom is 0.341 e. The normalized spacial score (nSPS) is 12.0. The minimum absolute atomic E-state index is 0.00943. The van der Waals surface area contributed by atoms with E-state index in [1.807, 2.05) is 0 Å². The van der Waals surface area contributed by atoms with Crippen molar-refractivity contribution in [3.8, 4) is 5.75 Å². The summed E-state index contributed by atoms with van der Waals surface area (Å²) in [6.07, 6.45) is 0.299. The Kier molecular flexibility index (Phi) is 8.51. The van der Waals surface area contributed by atoms with Crippen molar-refractivity contribution in [1.82, 2.24) is 4.31 Å². The standard InChI is InChI=1S/C23H23ClN2O7S2/c24-19-6-10-22(11-7-19)35(31,32)26(13-12-17-4-8-21(9-5-17)34(25,29)30)15-18-2-1-3-20(14-18)33-16-23(27)28/h1-11,14H,12-13,15-16H2,(H,27,28)(H2,25,29,30). The van der Waals surface area contributed by atoms with Crippen LogP contribution in [0.1, 0.15) is 11.1 Å². The molecule has 0 aliphatic rings. The second-order valence-electron chi connectivity index (χ2n) is 7.56. The molecule has 0 saturated carbocycles. The van der Waals surface area contributed by atoms with Crippen LogP contribution in [0, 0.1) is 0 Å². The van der Waals surface area contributed by atoms with Gasteiger partial charge in [-0.05, 0) is 66.1 Å². The third kappa shape index (κ3) is 7.51. The van der Waals surface area contributed by atoms with Crippen molar-refractivity contribution < 1.29 is 31.5 Å². The van der Waals surface area contributed by atoms with Crippen LogP contribution < -0.4 is 9.88 Å². The number of hydrogen-bond donors (Lipinski definition) is 2. The lowest BCUT2D eigenvalue weighted by Gasteiger charge is -2.23. The van der Waals surface area contributed by atoms with Crippen LogP contribution in [0.4, 0.5) is 0 Å². The van der Waals surface area contributed by atoms with E-state index in [1.165, 1.54) is 40.7 Å². The third-order valence-corrected chi connectivity index (χ3v) is 8.01. The van der Waals surface area contributed by atoms with Gasteiger partial charge in [0.15, 0.2) is 6.61 Å². The number of halogens is 1. The van der Waals surface area contributed by atoms with Gasteiger partial charge >= 0.3 is 5.97 Å². The molecule has 0 aliphatic carbocycles. The van der Waals surface area contributed by atoms with Crippen LogP contribution >= 0.6 is 11.6 Å². The highest BCUT2D eigenvalue weighted by Crippen LogP contribution is 2.23. The van der Waals surface area contributed by atoms with Crippen molar-refractivity contribution in [2.24, 2.45) is 5.14 Å². The molecule has 0 heterocycles. The molecule has 0 unspecified atom stereocenters. The van der Waals surface area contributed by atoms with Gasteiger partial charge in [0, 0.05) is 18.1 Å². The Morgan fingerprint density at radius 2 is 1.54 bits per heavy atom. The SMILES string of the molecule is NS(=O)(=O)c1ccc(CCN(Cc2cccc(OCC(=O)O)c2)S(=O)(=O)c2ccc(Cl)cc2)cc1. The maximum atomic E-state index is 13.4. The molecule has 3 rings (SSSR count). The number of hydrogen-bond acceptors (Lipinski definition) is 6. The number of benzene rings is 3. The van der Waals surface area contributed by atoms with Gasteiger partial charge in [0.2, 0.25) is 20.0 Å². The summed E-state index contributed by atoms with van der Waals surface area (Å²) in [5.41, 5.74) is 1.31. The molecule has 0 bridgehead atoms. The topological polar surface area (TPSA) is 144 Å². The molecule has 9 nitrogen and oxygen atoms in total. The Bertz CT molecular complexity index is 1390. The number of carboxylic acid groups (broad SMARTS) is 1. The lowest BCUT2D eigenvalue weighted by Crippen LogP contribution is -2.32. The minimum atomic E-state index is -3.93. The number of primary sulfonamides is 1. The van der Waals surface area contributed by atoms with Crippen LogP contribution in [0.2, 0.25) is 5.02 Å². The summed E-state index contributed by atoms with van der Waals surface area (Å²) in [4.78, 5) is 10.8. The molecule has 3 aromatic rings. The largest absolute Gasteiger partial charge is 0.482 e. The summed E-state index contributed by atoms with van der Waals surface area (Å²) in [7, 11) is -7.77. The van der Waals surface area contributed by atoms with Crippen molar-refractivity contribution in [1.29, 1.82) is 0 Å². The van der Waals surface area contributed by atoms with E-state index in [9.17, 15) is 21.6 Å². The van der Waals surface area contributed by atoms with E-state index in [0.29, 0.717) is 28.3 Å². The van der Waals surface area contributed by atoms with E-state index in [0.717, 1.165) is 0 Å². The van der Waals surface area contributed by atoms with Gasteiger partial charge in [0.25, 0.3) is 0 Å². The number of rotatable bonds is 11. The first kappa shape index (κ1) is 26.6. The maximum absolute atomic E-state index is 13.4. The number of nitrogens with two attached hydrogens (primary N) is 1. The summed E-state index contributed by atoms with van der Waals surface area (Å²) in [6.45, 7) is -0.449. The van der Waals surface area contributed by atoms with Crippen LogP contribution in [0.15, 0.2) is 82.6 Å². The van der Waals surface area contributed by atoms with Crippen LogP contribution in [-0.4, -0.2) is 45.4 Å². The van der Waals surface area contributed by atoms with Crippen LogP contribution in [0.5, 0.6) is 5.75 Å². The first-order valence-corrected chi connectivity index (χ1v) is 13.6. The second-order valence-corrected chi connectivity index (χ2v) is 11.5. The highest BCUT2D eigenvalue weighted by atomic mass is 35.5. The Hall–Kier alpha value is -2.96. The lowest BCUT2D eigenvalue weighted by atomic mass is 10.1. The van der Waals surface area contributed by atoms with E-state index < -0.39 is 32.6 Å². The fraction of sp³-hybridized carbons (Fsp3) is 0.174. The molecule has 3 N–H and O–H groups in total. The van der Waals surface area contributed by atoms with Crippen molar-refractivity contribution in [2.75, 3.05) is 13.2 Å². The number of nitrogens with zero attached hydrogens (tertiary/aromatic N) is 1. The molecule has 12 heteroatoms. The van der Waals surface area contributed by atoms with Crippen LogP contribution in [-0.2, 0) is 37.8 Å². The Morgan fingerprint density at radius 1 is 0.914 bits per heavy atom. The molecule has 0 radical (unpaired) electrons. The predicted molar refractivity (Wildman–Crippen MR) is 130 cm³/mol. The zero-order chi connectivity index (χ0) is 25.6. The fourth-order valence-electron chi connectivity index (χ4n) is 3.22. The second kappa shape index (κ2) is 11.2. The number of sulfonamides is 2. The van der Waals surface area contributed by atoms with Gasteiger partial charge in [-0.1, -0.05) is 35.9 Å². The molecule has 3 aromatic carbocycles. The van der Waals surface area contributed by atoms with Gasteiger partial charge in [-0.3, -0.25) is 0 Å². The zero-order valence-corrected chi connectivity index (χ0v) is 20.8. The third-order valence-electron chi connectivity index (χ3n) is 4.97. The van der Waals surface area contributed by atoms with Crippen molar-refractivity contribution in [2.45, 2.75) is 22.8 Å². The first-order chi connectivity index (χ1) is 16.4. The Labute approximate surface area is 208 Å². The van der Waals surface area contributed by atoms with Gasteiger partial charge in [0.05, 0.1) is 9.79 Å². The summed E-state index contributed by atoms with van der Waals surface area (Å²) in [6, 6.07) is 18.2. The summed E-state index contributed by atoms with van der Waals surface area (Å²) in [5.74, 6) is -0.830. The molecule has 0 fully saturated rings. The Morgan fingerprint density at radius 3 is 2.14 bits per heavy atom. The molecular formula is C23H23ClN2O7S2. The summed E-state index contributed by atoms with van der Waals surface area (Å²) in [5, 5.41) is 14.3. The van der Waals surface area contributed by atoms with E-state index in [2.05, 4.69) is 0 Å². The van der Waals surface area contributed by atoms with Crippen molar-refractivity contribution in [3.63, 3.8) is 0 Å². The number of aliphatic carboxylic acids is 1. The monoisotopic (exact) mass is 538 g/mol. The lowest BCUT2D eigenvalue weighted by molar-refractivity contribution is -0.139. The molecule has 0 amide bonds. The van der Waals surface area contributed by atoms with Crippen molar-refractivity contribution in [3.05, 3.63) is 88.9 Å². The van der Waals surface area contributed by atoms with Gasteiger partial charge in [-0.25, -0.2) is 26.8 Å². The van der Waals surface area contributed by atoms with E-state index in [1.54, 1.807) is 36.4 Å². The van der Waals surface area contributed by atoms with Crippen molar-refractivity contribution >= 4 is 37.6 Å². The fourth-order valence-corrected chi connectivity index (χ4v) is 5.29. The predicted octanol–water partition coefficient (Wildman–Crippen LogP) is 2.88. The number of ether oxygens (including phenoxy) is 1. The quantitative estimate of drug-likeness (QED) is 0.382. The van der Waals surface area contributed by atoms with Crippen LogP contribution in [0.3, 0.4) is 0 Å². The van der Waals surface area contributed by atoms with Gasteiger partial charge < -0.3 is 9.84 Å². The zero-order valence-electron chi connectivity index (χ0n) is 18.4. The summed E-state index contributed by atoms with van der Waals surface area (Å²) < 4.78 is 56.3. The number of carbonyl (C=O) groups is 1. The van der Waals surface area contributed by atoms with E-state index >= 15 is 0 Å². The molecule has 0 aromatic heterocycles. The van der Waals surface area contributed by atoms with E-state index in [-0.39, 0.29) is 22.9 Å². The molecule has 35 heavy (non-hydrogen) atoms. The molecule has 186 valence electrons. The molecule has 0 aliphatic heterocycles. The van der Waals surface area contributed by atoms with Gasteiger partial charge in [-0.2, -0.15) is 4.31 Å². The number of carboxylic acids is 1. The highest BCUT2D eigenvalue weighted by molar-refractivity contribution is 7.89. The smallest absolute Gasteiger partial charge is 0.341 e. The molecule has 0 atom stereocenters. The average Bonchev–Trinajstić information content (AvgIpc) is 2.80. The summed E-state index contributed by atoms with van der Waals surface area (Å²) >= 11 is 5.91. The van der Waals surface area contributed by atoms with Gasteiger partial charge in [-0.15, -0.1) is 0 Å². The first-order valence-electron chi connectivity index (χ1n) is 10.3. The van der Waals surface area contributed by atoms with Gasteiger partial charge in [0.1, 0.15) is 5.75 Å². The molecular weight excluding hydrogens is 516 g/mol. The highest BCUT2D eigenvalue weighted by Gasteiger charge is 2.25.